The summed E-state index contributed by atoms with van der Waals surface area (Å²) in [6, 6.07) is 14.1. The minimum Gasteiger partial charge on any atom is -0.493 e. The zero-order valence-electron chi connectivity index (χ0n) is 13.6. The van der Waals surface area contributed by atoms with Crippen LogP contribution in [0, 0.1) is 11.3 Å². The fourth-order valence-electron chi connectivity index (χ4n) is 2.01. The summed E-state index contributed by atoms with van der Waals surface area (Å²) >= 11 is 5.88. The highest BCUT2D eigenvalue weighted by molar-refractivity contribution is 6.30. The van der Waals surface area contributed by atoms with Gasteiger partial charge in [-0.1, -0.05) is 29.8 Å². The molecule has 0 N–H and O–H groups in total. The third kappa shape index (κ3) is 5.87. The van der Waals surface area contributed by atoms with Crippen molar-refractivity contribution in [2.24, 2.45) is 0 Å². The summed E-state index contributed by atoms with van der Waals surface area (Å²) < 4.78 is 15.6. The van der Waals surface area contributed by atoms with Gasteiger partial charge in [0.15, 0.2) is 18.1 Å². The van der Waals surface area contributed by atoms with Crippen molar-refractivity contribution in [2.75, 3.05) is 13.7 Å². The number of carbonyl (C=O) groups is 1. The first-order valence-corrected chi connectivity index (χ1v) is 7.77. The molecule has 0 saturated heterocycles. The molecule has 0 amide bonds. The third-order valence-corrected chi connectivity index (χ3v) is 3.40. The van der Waals surface area contributed by atoms with E-state index in [2.05, 4.69) is 0 Å². The highest BCUT2D eigenvalue weighted by Crippen LogP contribution is 2.28. The number of ether oxygens (including phenoxy) is 3. The maximum atomic E-state index is 11.8. The molecule has 0 aromatic heterocycles. The second-order valence-electron chi connectivity index (χ2n) is 4.93. The lowest BCUT2D eigenvalue weighted by atomic mass is 10.2. The highest BCUT2D eigenvalue weighted by atomic mass is 35.5. The average Bonchev–Trinajstić information content (AvgIpc) is 2.63. The fourth-order valence-corrected chi connectivity index (χ4v) is 2.22. The van der Waals surface area contributed by atoms with Crippen LogP contribution in [0.3, 0.4) is 0 Å². The van der Waals surface area contributed by atoms with Crippen molar-refractivity contribution in [1.82, 2.24) is 0 Å². The molecule has 0 aliphatic rings. The molecule has 0 atom stereocenters. The van der Waals surface area contributed by atoms with Crippen molar-refractivity contribution in [1.29, 1.82) is 5.26 Å². The number of rotatable bonds is 7. The molecule has 2 rings (SSSR count). The van der Waals surface area contributed by atoms with Crippen LogP contribution in [0.5, 0.6) is 11.5 Å². The molecule has 5 nitrogen and oxygen atoms in total. The summed E-state index contributed by atoms with van der Waals surface area (Å²) in [6.45, 7) is 0.0787. The molecule has 0 fully saturated rings. The second kappa shape index (κ2) is 9.36. The number of hydrogen-bond acceptors (Lipinski definition) is 5. The van der Waals surface area contributed by atoms with Gasteiger partial charge in [0.1, 0.15) is 12.7 Å². The molecule has 2 aromatic carbocycles. The van der Waals surface area contributed by atoms with Crippen molar-refractivity contribution in [3.8, 4) is 17.6 Å². The predicted octanol–water partition coefficient (Wildman–Crippen LogP) is 4.01. The van der Waals surface area contributed by atoms with Gasteiger partial charge in [0.25, 0.3) is 0 Å². The predicted molar refractivity (Wildman–Crippen MR) is 94.4 cm³/mol. The van der Waals surface area contributed by atoms with E-state index in [1.165, 1.54) is 13.2 Å². The minimum absolute atomic E-state index is 0.0681. The zero-order valence-corrected chi connectivity index (χ0v) is 14.3. The molecular weight excluding hydrogens is 342 g/mol. The molecule has 0 aliphatic heterocycles. The van der Waals surface area contributed by atoms with E-state index in [0.717, 1.165) is 11.1 Å². The van der Waals surface area contributed by atoms with Gasteiger partial charge in [0.2, 0.25) is 0 Å². The van der Waals surface area contributed by atoms with E-state index >= 15 is 0 Å². The van der Waals surface area contributed by atoms with Gasteiger partial charge in [-0.15, -0.1) is 0 Å². The topological polar surface area (TPSA) is 68.6 Å². The molecule has 0 heterocycles. The van der Waals surface area contributed by atoms with E-state index in [0.29, 0.717) is 16.5 Å². The van der Waals surface area contributed by atoms with Gasteiger partial charge in [-0.3, -0.25) is 0 Å². The van der Waals surface area contributed by atoms with Crippen LogP contribution >= 0.6 is 11.6 Å². The van der Waals surface area contributed by atoms with Crippen LogP contribution in [-0.2, 0) is 16.1 Å². The van der Waals surface area contributed by atoms with Crippen LogP contribution in [0.2, 0.25) is 5.02 Å². The Morgan fingerprint density at radius 2 is 2.08 bits per heavy atom. The summed E-state index contributed by atoms with van der Waals surface area (Å²) in [5.74, 6) is 0.471. The Hall–Kier alpha value is -2.97. The molecule has 2 aromatic rings. The van der Waals surface area contributed by atoms with Gasteiger partial charge in [-0.05, 0) is 41.5 Å². The van der Waals surface area contributed by atoms with Crippen LogP contribution in [-0.4, -0.2) is 19.7 Å². The van der Waals surface area contributed by atoms with Gasteiger partial charge in [0.05, 0.1) is 7.11 Å². The number of halogens is 1. The molecule has 0 bridgehead atoms. The van der Waals surface area contributed by atoms with Crippen LogP contribution in [0.15, 0.2) is 48.5 Å². The standard InChI is InChI=1S/C19H16ClNO4/c1-23-18-12-14(5-7-17(18)24-10-9-21)6-8-19(22)25-13-15-3-2-4-16(20)11-15/h2-8,11-12H,10,13H2,1H3. The molecule has 0 unspecified atom stereocenters. The number of nitrogens with zero attached hydrogens (tertiary/aromatic N) is 1. The van der Waals surface area contributed by atoms with Crippen LogP contribution < -0.4 is 9.47 Å². The minimum atomic E-state index is -0.469. The summed E-state index contributed by atoms with van der Waals surface area (Å²) in [5, 5.41) is 9.15. The third-order valence-electron chi connectivity index (χ3n) is 3.16. The van der Waals surface area contributed by atoms with Gasteiger partial charge in [0, 0.05) is 11.1 Å². The van der Waals surface area contributed by atoms with Gasteiger partial charge < -0.3 is 14.2 Å². The highest BCUT2D eigenvalue weighted by Gasteiger charge is 2.05. The molecule has 0 radical (unpaired) electrons. The van der Waals surface area contributed by atoms with Crippen molar-refractivity contribution in [3.63, 3.8) is 0 Å². The Morgan fingerprint density at radius 3 is 2.80 bits per heavy atom. The number of esters is 1. The first-order valence-electron chi connectivity index (χ1n) is 7.39. The lowest BCUT2D eigenvalue weighted by Crippen LogP contribution is -2.00. The van der Waals surface area contributed by atoms with E-state index < -0.39 is 5.97 Å². The number of hydrogen-bond donors (Lipinski definition) is 0. The molecule has 0 aliphatic carbocycles. The van der Waals surface area contributed by atoms with Gasteiger partial charge >= 0.3 is 5.97 Å². The number of methoxy groups -OCH3 is 1. The smallest absolute Gasteiger partial charge is 0.331 e. The van der Waals surface area contributed by atoms with Crippen molar-refractivity contribution in [2.45, 2.75) is 6.61 Å². The van der Waals surface area contributed by atoms with E-state index in [9.17, 15) is 4.79 Å². The largest absolute Gasteiger partial charge is 0.493 e. The molecule has 6 heteroatoms. The average molecular weight is 358 g/mol. The fraction of sp³-hybridized carbons (Fsp3) is 0.158. The molecule has 0 saturated carbocycles. The Labute approximate surface area is 151 Å². The summed E-state index contributed by atoms with van der Waals surface area (Å²) in [6.07, 6.45) is 2.94. The van der Waals surface area contributed by atoms with Crippen molar-refractivity contribution >= 4 is 23.6 Å². The normalized spacial score (nSPS) is 10.3. The van der Waals surface area contributed by atoms with E-state index in [-0.39, 0.29) is 13.2 Å². The van der Waals surface area contributed by atoms with Crippen molar-refractivity contribution < 1.29 is 19.0 Å². The first-order chi connectivity index (χ1) is 12.1. The zero-order chi connectivity index (χ0) is 18.1. The quantitative estimate of drug-likeness (QED) is 0.553. The number of carbonyl (C=O) groups excluding carboxylic acids is 1. The monoisotopic (exact) mass is 357 g/mol. The first kappa shape index (κ1) is 18.4. The molecule has 128 valence electrons. The summed E-state index contributed by atoms with van der Waals surface area (Å²) in [7, 11) is 1.50. The number of nitriles is 1. The maximum Gasteiger partial charge on any atom is 0.331 e. The Kier molecular flexibility index (Phi) is 6.87. The van der Waals surface area contributed by atoms with Crippen LogP contribution in [0.1, 0.15) is 11.1 Å². The van der Waals surface area contributed by atoms with Gasteiger partial charge in [-0.25, -0.2) is 4.79 Å². The van der Waals surface area contributed by atoms with E-state index in [1.54, 1.807) is 42.5 Å². The Balaban J connectivity index is 1.96. The van der Waals surface area contributed by atoms with Gasteiger partial charge in [-0.2, -0.15) is 5.26 Å². The Bertz CT molecular complexity index is 811. The molecule has 0 spiro atoms. The molecular formula is C19H16ClNO4. The maximum absolute atomic E-state index is 11.8. The Morgan fingerprint density at radius 1 is 1.24 bits per heavy atom. The van der Waals surface area contributed by atoms with Crippen molar-refractivity contribution in [3.05, 3.63) is 64.7 Å². The molecule has 25 heavy (non-hydrogen) atoms. The van der Waals surface area contributed by atoms with E-state index in [4.69, 9.17) is 31.1 Å². The SMILES string of the molecule is COc1cc(C=CC(=O)OCc2cccc(Cl)c2)ccc1OCC#N. The lowest BCUT2D eigenvalue weighted by Gasteiger charge is -2.08. The lowest BCUT2D eigenvalue weighted by molar-refractivity contribution is -0.138. The van der Waals surface area contributed by atoms with Crippen LogP contribution in [0.4, 0.5) is 0 Å². The number of benzene rings is 2. The van der Waals surface area contributed by atoms with E-state index in [1.807, 2.05) is 12.1 Å². The summed E-state index contributed by atoms with van der Waals surface area (Å²) in [5.41, 5.74) is 1.55. The second-order valence-corrected chi connectivity index (χ2v) is 5.36. The van der Waals surface area contributed by atoms with Crippen LogP contribution in [0.25, 0.3) is 6.08 Å². The summed E-state index contributed by atoms with van der Waals surface area (Å²) in [4.78, 5) is 11.8.